The molecule has 1 saturated heterocycles. The second kappa shape index (κ2) is 6.40. The fraction of sp³-hybridized carbons (Fsp3) is 0.438. The van der Waals surface area contributed by atoms with E-state index in [-0.39, 0.29) is 18.4 Å². The van der Waals surface area contributed by atoms with Crippen LogP contribution < -0.4 is 9.47 Å². The quantitative estimate of drug-likeness (QED) is 0.865. The Labute approximate surface area is 124 Å². The predicted octanol–water partition coefficient (Wildman–Crippen LogP) is 2.42. The number of methoxy groups -OCH3 is 1. The molecule has 1 aliphatic rings. The standard InChI is InChI=1S/C16H19NO4/c1-4-7-21-15-8-12(5-6-14(15)20-3)13-10-17(16(18)19)9-11(13)2/h1,5-6,8,11,13H,7,9-10H2,2-3H3,(H,18,19)/t11-,13+/m1/s1. The number of hydrogen-bond donors (Lipinski definition) is 1. The highest BCUT2D eigenvalue weighted by Gasteiger charge is 2.33. The Kier molecular flexibility index (Phi) is 4.59. The highest BCUT2D eigenvalue weighted by molar-refractivity contribution is 5.65. The zero-order valence-electron chi connectivity index (χ0n) is 12.2. The van der Waals surface area contributed by atoms with Crippen molar-refractivity contribution < 1.29 is 19.4 Å². The molecule has 1 N–H and O–H groups in total. The van der Waals surface area contributed by atoms with Crippen molar-refractivity contribution >= 4 is 6.09 Å². The molecule has 0 spiro atoms. The first-order valence-corrected chi connectivity index (χ1v) is 6.79. The monoisotopic (exact) mass is 289 g/mol. The molecule has 1 aromatic carbocycles. The lowest BCUT2D eigenvalue weighted by atomic mass is 9.90. The molecule has 1 heterocycles. The Bertz CT molecular complexity index is 564. The highest BCUT2D eigenvalue weighted by atomic mass is 16.5. The molecule has 1 amide bonds. The molecule has 0 aromatic heterocycles. The number of carboxylic acid groups (broad SMARTS) is 1. The van der Waals surface area contributed by atoms with Crippen LogP contribution in [0.25, 0.3) is 0 Å². The lowest BCUT2D eigenvalue weighted by Gasteiger charge is -2.17. The maximum Gasteiger partial charge on any atom is 0.407 e. The van der Waals surface area contributed by atoms with Crippen LogP contribution in [-0.4, -0.2) is 42.9 Å². The van der Waals surface area contributed by atoms with Gasteiger partial charge in [-0.25, -0.2) is 4.79 Å². The summed E-state index contributed by atoms with van der Waals surface area (Å²) in [7, 11) is 1.57. The van der Waals surface area contributed by atoms with Crippen molar-refractivity contribution in [1.82, 2.24) is 4.90 Å². The largest absolute Gasteiger partial charge is 0.493 e. The smallest absolute Gasteiger partial charge is 0.407 e. The summed E-state index contributed by atoms with van der Waals surface area (Å²) in [5.74, 6) is 4.05. The van der Waals surface area contributed by atoms with Crippen LogP contribution in [0.15, 0.2) is 18.2 Å². The van der Waals surface area contributed by atoms with Crippen molar-refractivity contribution in [2.75, 3.05) is 26.8 Å². The van der Waals surface area contributed by atoms with Crippen LogP contribution in [0.2, 0.25) is 0 Å². The number of benzene rings is 1. The second-order valence-corrected chi connectivity index (χ2v) is 5.17. The molecule has 0 aliphatic carbocycles. The number of hydrogen-bond acceptors (Lipinski definition) is 3. The van der Waals surface area contributed by atoms with E-state index in [9.17, 15) is 4.79 Å². The van der Waals surface area contributed by atoms with Crippen molar-refractivity contribution in [2.24, 2.45) is 5.92 Å². The van der Waals surface area contributed by atoms with Gasteiger partial charge in [-0.2, -0.15) is 0 Å². The molecule has 2 atom stereocenters. The molecule has 0 unspecified atom stereocenters. The summed E-state index contributed by atoms with van der Waals surface area (Å²) in [4.78, 5) is 12.5. The second-order valence-electron chi connectivity index (χ2n) is 5.17. The van der Waals surface area contributed by atoms with Gasteiger partial charge in [-0.1, -0.05) is 18.9 Å². The molecular weight excluding hydrogens is 270 g/mol. The van der Waals surface area contributed by atoms with Crippen molar-refractivity contribution in [3.63, 3.8) is 0 Å². The van der Waals surface area contributed by atoms with E-state index in [2.05, 4.69) is 12.8 Å². The molecular formula is C16H19NO4. The van der Waals surface area contributed by atoms with E-state index in [1.165, 1.54) is 4.90 Å². The van der Waals surface area contributed by atoms with E-state index in [0.717, 1.165) is 5.56 Å². The third-order valence-electron chi connectivity index (χ3n) is 3.81. The van der Waals surface area contributed by atoms with Gasteiger partial charge in [0.05, 0.1) is 7.11 Å². The third kappa shape index (κ3) is 3.22. The first-order chi connectivity index (χ1) is 10.1. The minimum absolute atomic E-state index is 0.153. The lowest BCUT2D eigenvalue weighted by Crippen LogP contribution is -2.26. The number of carbonyl (C=O) groups is 1. The van der Waals surface area contributed by atoms with Crippen molar-refractivity contribution in [3.8, 4) is 23.8 Å². The Morgan fingerprint density at radius 1 is 1.48 bits per heavy atom. The van der Waals surface area contributed by atoms with Crippen molar-refractivity contribution in [1.29, 1.82) is 0 Å². The number of nitrogens with zero attached hydrogens (tertiary/aromatic N) is 1. The average molecular weight is 289 g/mol. The minimum Gasteiger partial charge on any atom is -0.493 e. The number of likely N-dealkylation sites (tertiary alicyclic amines) is 1. The molecule has 1 aliphatic heterocycles. The van der Waals surface area contributed by atoms with Gasteiger partial charge in [0.2, 0.25) is 0 Å². The topological polar surface area (TPSA) is 59.0 Å². The number of amides is 1. The van der Waals surface area contributed by atoms with Gasteiger partial charge in [0.15, 0.2) is 11.5 Å². The number of terminal acetylenes is 1. The van der Waals surface area contributed by atoms with Gasteiger partial charge in [-0.05, 0) is 23.6 Å². The van der Waals surface area contributed by atoms with Gasteiger partial charge in [-0.3, -0.25) is 0 Å². The molecule has 0 radical (unpaired) electrons. The van der Waals surface area contributed by atoms with Gasteiger partial charge in [0.25, 0.3) is 0 Å². The number of ether oxygens (including phenoxy) is 2. The molecule has 5 heteroatoms. The van der Waals surface area contributed by atoms with E-state index in [1.54, 1.807) is 7.11 Å². The van der Waals surface area contributed by atoms with Crippen LogP contribution in [0.1, 0.15) is 18.4 Å². The fourth-order valence-electron chi connectivity index (χ4n) is 2.71. The van der Waals surface area contributed by atoms with E-state index in [4.69, 9.17) is 21.0 Å². The number of rotatable bonds is 4. The first kappa shape index (κ1) is 15.0. The zero-order chi connectivity index (χ0) is 15.4. The van der Waals surface area contributed by atoms with Gasteiger partial charge in [0, 0.05) is 19.0 Å². The summed E-state index contributed by atoms with van der Waals surface area (Å²) >= 11 is 0. The first-order valence-electron chi connectivity index (χ1n) is 6.79. The average Bonchev–Trinajstić information content (AvgIpc) is 2.87. The molecule has 0 bridgehead atoms. The summed E-state index contributed by atoms with van der Waals surface area (Å²) in [6.45, 7) is 3.27. The van der Waals surface area contributed by atoms with Crippen LogP contribution in [-0.2, 0) is 0 Å². The predicted molar refractivity (Wildman–Crippen MR) is 78.8 cm³/mol. The summed E-state index contributed by atoms with van der Waals surface area (Å²) in [6.07, 6.45) is 4.34. The fourth-order valence-corrected chi connectivity index (χ4v) is 2.71. The van der Waals surface area contributed by atoms with Crippen LogP contribution in [0.4, 0.5) is 4.79 Å². The van der Waals surface area contributed by atoms with E-state index in [0.29, 0.717) is 24.6 Å². The van der Waals surface area contributed by atoms with Gasteiger partial charge in [0.1, 0.15) is 6.61 Å². The molecule has 1 fully saturated rings. The van der Waals surface area contributed by atoms with Crippen molar-refractivity contribution in [2.45, 2.75) is 12.8 Å². The molecule has 112 valence electrons. The van der Waals surface area contributed by atoms with Crippen LogP contribution in [0.5, 0.6) is 11.5 Å². The van der Waals surface area contributed by atoms with Crippen LogP contribution in [0.3, 0.4) is 0 Å². The Morgan fingerprint density at radius 2 is 2.24 bits per heavy atom. The van der Waals surface area contributed by atoms with E-state index >= 15 is 0 Å². The molecule has 1 aromatic rings. The summed E-state index contributed by atoms with van der Waals surface area (Å²) in [5.41, 5.74) is 1.04. The molecule has 2 rings (SSSR count). The maximum absolute atomic E-state index is 11.1. The normalized spacial score (nSPS) is 20.9. The lowest BCUT2D eigenvalue weighted by molar-refractivity contribution is 0.154. The Morgan fingerprint density at radius 3 is 2.81 bits per heavy atom. The Balaban J connectivity index is 2.24. The van der Waals surface area contributed by atoms with Gasteiger partial charge >= 0.3 is 6.09 Å². The highest BCUT2D eigenvalue weighted by Crippen LogP contribution is 2.37. The van der Waals surface area contributed by atoms with Gasteiger partial charge in [-0.15, -0.1) is 6.42 Å². The van der Waals surface area contributed by atoms with Crippen LogP contribution >= 0.6 is 0 Å². The zero-order valence-corrected chi connectivity index (χ0v) is 12.2. The molecule has 0 saturated carbocycles. The summed E-state index contributed by atoms with van der Waals surface area (Å²) < 4.78 is 10.7. The van der Waals surface area contributed by atoms with Crippen LogP contribution in [0, 0.1) is 18.3 Å². The Hall–Kier alpha value is -2.35. The summed E-state index contributed by atoms with van der Waals surface area (Å²) in [5, 5.41) is 9.11. The third-order valence-corrected chi connectivity index (χ3v) is 3.81. The van der Waals surface area contributed by atoms with E-state index < -0.39 is 6.09 Å². The summed E-state index contributed by atoms with van der Waals surface area (Å²) in [6, 6.07) is 5.67. The SMILES string of the molecule is C#CCOc1cc([C@H]2CN(C(=O)O)C[C@H]2C)ccc1OC. The maximum atomic E-state index is 11.1. The van der Waals surface area contributed by atoms with Crippen molar-refractivity contribution in [3.05, 3.63) is 23.8 Å². The van der Waals surface area contributed by atoms with E-state index in [1.807, 2.05) is 18.2 Å². The van der Waals surface area contributed by atoms with Gasteiger partial charge < -0.3 is 19.5 Å². The molecule has 21 heavy (non-hydrogen) atoms. The molecule has 5 nitrogen and oxygen atoms in total. The minimum atomic E-state index is -0.873.